The molecule has 2 aromatic carbocycles. The molecule has 6 rings (SSSR count). The van der Waals surface area contributed by atoms with Gasteiger partial charge in [-0.25, -0.2) is 4.39 Å². The van der Waals surface area contributed by atoms with E-state index in [1.165, 1.54) is 29.2 Å². The molecule has 0 unspecified atom stereocenters. The summed E-state index contributed by atoms with van der Waals surface area (Å²) in [6.07, 6.45) is 1.61. The minimum Gasteiger partial charge on any atom is -0.486 e. The quantitative estimate of drug-likeness (QED) is 0.319. The minimum atomic E-state index is -1.17. The molecule has 2 amide bonds. The molecule has 12 nitrogen and oxygen atoms in total. The molecule has 0 saturated carbocycles. The summed E-state index contributed by atoms with van der Waals surface area (Å²) >= 11 is 0. The number of nitrogens with zero attached hydrogens (tertiary/aromatic N) is 5. The van der Waals surface area contributed by atoms with Gasteiger partial charge in [0.2, 0.25) is 11.7 Å². The molecule has 42 heavy (non-hydrogen) atoms. The molecule has 2 aliphatic rings. The van der Waals surface area contributed by atoms with Crippen LogP contribution >= 0.6 is 0 Å². The molecule has 0 bridgehead atoms. The molecule has 4 aromatic rings. The number of carbonyl (C=O) groups excluding carboxylic acids is 2. The Morgan fingerprint density at radius 2 is 1.88 bits per heavy atom. The molecule has 2 aliphatic heterocycles. The lowest BCUT2D eigenvalue weighted by Gasteiger charge is -2.32. The summed E-state index contributed by atoms with van der Waals surface area (Å²) in [6.45, 7) is 3.09. The molecule has 4 heterocycles. The summed E-state index contributed by atoms with van der Waals surface area (Å²) in [4.78, 5) is 30.4. The molecule has 1 fully saturated rings. The van der Waals surface area contributed by atoms with Crippen LogP contribution in [0.4, 0.5) is 10.1 Å². The van der Waals surface area contributed by atoms with Gasteiger partial charge >= 0.3 is 0 Å². The predicted octanol–water partition coefficient (Wildman–Crippen LogP) is 3.22. The number of anilines is 1. The number of amides is 2. The number of nitrogens with one attached hydrogen (secondary N) is 1. The maximum absolute atomic E-state index is 14.1. The van der Waals surface area contributed by atoms with Crippen LogP contribution in [0.2, 0.25) is 0 Å². The second kappa shape index (κ2) is 12.0. The Morgan fingerprint density at radius 1 is 1.07 bits per heavy atom. The van der Waals surface area contributed by atoms with Crippen molar-refractivity contribution in [2.75, 3.05) is 31.3 Å². The molecule has 0 aliphatic carbocycles. The van der Waals surface area contributed by atoms with Gasteiger partial charge < -0.3 is 23.9 Å². The Hall–Kier alpha value is -4.78. The smallest absolute Gasteiger partial charge is 0.251 e. The number of rotatable bonds is 9. The monoisotopic (exact) mass is 576 g/mol. The van der Waals surface area contributed by atoms with Crippen molar-refractivity contribution >= 4 is 17.5 Å². The molecule has 218 valence electrons. The van der Waals surface area contributed by atoms with Gasteiger partial charge in [0, 0.05) is 24.9 Å². The van der Waals surface area contributed by atoms with E-state index in [2.05, 4.69) is 20.7 Å². The molecule has 2 aromatic heterocycles. The van der Waals surface area contributed by atoms with Crippen molar-refractivity contribution in [1.82, 2.24) is 25.5 Å². The number of aryl methyl sites for hydroxylation is 1. The van der Waals surface area contributed by atoms with E-state index in [0.717, 1.165) is 17.6 Å². The highest BCUT2D eigenvalue weighted by atomic mass is 19.1. The Morgan fingerprint density at radius 3 is 2.62 bits per heavy atom. The second-order valence-electron chi connectivity index (χ2n) is 9.98. The number of halogens is 1. The molecule has 1 N–H and O–H groups in total. The summed E-state index contributed by atoms with van der Waals surface area (Å²) in [6, 6.07) is 12.8. The lowest BCUT2D eigenvalue weighted by atomic mass is 10.0. The van der Waals surface area contributed by atoms with E-state index in [4.69, 9.17) is 18.6 Å². The van der Waals surface area contributed by atoms with Crippen molar-refractivity contribution < 1.29 is 32.6 Å². The van der Waals surface area contributed by atoms with Crippen LogP contribution < -0.4 is 19.7 Å². The van der Waals surface area contributed by atoms with Gasteiger partial charge in [0.25, 0.3) is 5.91 Å². The van der Waals surface area contributed by atoms with Gasteiger partial charge in [0.05, 0.1) is 6.10 Å². The summed E-state index contributed by atoms with van der Waals surface area (Å²) in [5.74, 6) is 0.809. The summed E-state index contributed by atoms with van der Waals surface area (Å²) in [7, 11) is 0. The number of aromatic nitrogens is 4. The molecule has 0 radical (unpaired) electrons. The lowest BCUT2D eigenvalue weighted by molar-refractivity contribution is -0.127. The van der Waals surface area contributed by atoms with Crippen LogP contribution in [-0.4, -0.2) is 64.5 Å². The Kier molecular flexibility index (Phi) is 7.82. The second-order valence-corrected chi connectivity index (χ2v) is 9.98. The first-order valence-corrected chi connectivity index (χ1v) is 13.7. The maximum Gasteiger partial charge on any atom is 0.251 e. The van der Waals surface area contributed by atoms with Crippen molar-refractivity contribution in [1.29, 1.82) is 0 Å². The van der Waals surface area contributed by atoms with Crippen LogP contribution in [0.1, 0.15) is 30.2 Å². The van der Waals surface area contributed by atoms with Crippen molar-refractivity contribution in [3.05, 3.63) is 71.7 Å². The van der Waals surface area contributed by atoms with Crippen molar-refractivity contribution in [3.63, 3.8) is 0 Å². The first kappa shape index (κ1) is 27.4. The third-order valence-electron chi connectivity index (χ3n) is 6.98. The highest BCUT2D eigenvalue weighted by Crippen LogP contribution is 2.37. The summed E-state index contributed by atoms with van der Waals surface area (Å²) in [5, 5.41) is 15.3. The molecule has 1 saturated heterocycles. The largest absolute Gasteiger partial charge is 0.486 e. The first-order valence-electron chi connectivity index (χ1n) is 13.7. The molecule has 2 atom stereocenters. The number of fused-ring (bicyclic) bond motifs is 1. The summed E-state index contributed by atoms with van der Waals surface area (Å²) in [5.41, 5.74) is 0.774. The molecule has 0 spiro atoms. The van der Waals surface area contributed by atoms with Gasteiger partial charge in [-0.1, -0.05) is 12.1 Å². The number of benzene rings is 2. The zero-order chi connectivity index (χ0) is 29.1. The first-order chi connectivity index (χ1) is 20.4. The summed E-state index contributed by atoms with van der Waals surface area (Å²) < 4.78 is 36.6. The molecular weight excluding hydrogens is 547 g/mol. The fraction of sp³-hybridized carbons (Fsp3) is 0.345. The minimum absolute atomic E-state index is 0.121. The molecular formula is C29H29FN6O6. The van der Waals surface area contributed by atoms with Gasteiger partial charge in [-0.3, -0.25) is 14.5 Å². The lowest BCUT2D eigenvalue weighted by Crippen LogP contribution is -2.46. The normalized spacial score (nSPS) is 16.7. The molecule has 13 heteroatoms. The third kappa shape index (κ3) is 5.96. The zero-order valence-electron chi connectivity index (χ0n) is 22.9. The Labute approximate surface area is 240 Å². The van der Waals surface area contributed by atoms with Crippen molar-refractivity contribution in [2.45, 2.75) is 38.5 Å². The van der Waals surface area contributed by atoms with Gasteiger partial charge in [-0.15, -0.1) is 10.2 Å². The van der Waals surface area contributed by atoms with Gasteiger partial charge in [-0.05, 0) is 66.9 Å². The average Bonchev–Trinajstić information content (AvgIpc) is 3.78. The third-order valence-corrected chi connectivity index (χ3v) is 6.98. The van der Waals surface area contributed by atoms with Crippen LogP contribution in [-0.2, 0) is 20.9 Å². The fourth-order valence-corrected chi connectivity index (χ4v) is 4.96. The Bertz CT molecular complexity index is 1560. The van der Waals surface area contributed by atoms with E-state index in [9.17, 15) is 14.0 Å². The van der Waals surface area contributed by atoms with Crippen molar-refractivity contribution in [2.24, 2.45) is 0 Å². The van der Waals surface area contributed by atoms with Gasteiger partial charge in [0.15, 0.2) is 17.3 Å². The maximum atomic E-state index is 14.1. The van der Waals surface area contributed by atoms with E-state index in [-0.39, 0.29) is 25.0 Å². The van der Waals surface area contributed by atoms with Crippen molar-refractivity contribution in [3.8, 4) is 23.1 Å². The van der Waals surface area contributed by atoms with Gasteiger partial charge in [0.1, 0.15) is 37.4 Å². The van der Waals surface area contributed by atoms with E-state index in [1.807, 2.05) is 0 Å². The number of tetrazole rings is 1. The van der Waals surface area contributed by atoms with Crippen LogP contribution in [0.5, 0.6) is 11.5 Å². The topological polar surface area (TPSA) is 134 Å². The average molecular weight is 577 g/mol. The van der Waals surface area contributed by atoms with E-state index in [0.29, 0.717) is 54.1 Å². The number of carbonyl (C=O) groups is 2. The van der Waals surface area contributed by atoms with Crippen LogP contribution in [0.3, 0.4) is 0 Å². The number of ether oxygens (including phenoxy) is 3. The number of hydrogen-bond donors (Lipinski definition) is 1. The van der Waals surface area contributed by atoms with E-state index < -0.39 is 23.7 Å². The van der Waals surface area contributed by atoms with Crippen LogP contribution in [0.25, 0.3) is 11.6 Å². The van der Waals surface area contributed by atoms with Gasteiger partial charge in [-0.2, -0.15) is 4.80 Å². The number of hydrogen-bond acceptors (Lipinski definition) is 9. The highest BCUT2D eigenvalue weighted by molar-refractivity contribution is 6.01. The standard InChI is InChI=1S/C29H29FN6O6/c1-18-4-10-24(42-18)28-32-34-35(33-28)17-26(37)36(21-9-11-23-25(15-21)41-14-13-40-23)27(19-5-7-20(30)8-6-19)29(38)31-16-22-3-2-12-39-22/h4-11,15,22,27H,2-3,12-14,16-17H2,1H3,(H,31,38)/t22-,27+/m1/s1. The Balaban J connectivity index is 1.36. The van der Waals surface area contributed by atoms with Crippen LogP contribution in [0, 0.1) is 12.7 Å². The predicted molar refractivity (Wildman–Crippen MR) is 146 cm³/mol. The highest BCUT2D eigenvalue weighted by Gasteiger charge is 2.35. The van der Waals surface area contributed by atoms with E-state index in [1.54, 1.807) is 37.3 Å². The zero-order valence-corrected chi connectivity index (χ0v) is 22.9. The fourth-order valence-electron chi connectivity index (χ4n) is 4.96. The van der Waals surface area contributed by atoms with Crippen LogP contribution in [0.15, 0.2) is 59.0 Å². The number of furan rings is 1. The SMILES string of the molecule is Cc1ccc(-c2nnn(CC(=O)N(c3ccc4c(c3)OCCO4)[C@H](C(=O)NC[C@H]3CCCO3)c3ccc(F)cc3)n2)o1. The van der Waals surface area contributed by atoms with E-state index >= 15 is 0 Å².